The number of hydrogen-bond acceptors (Lipinski definition) is 5. The van der Waals surface area contributed by atoms with E-state index in [2.05, 4.69) is 15.3 Å². The van der Waals surface area contributed by atoms with Gasteiger partial charge in [0.05, 0.1) is 31.0 Å². The van der Waals surface area contributed by atoms with Crippen molar-refractivity contribution in [2.75, 3.05) is 11.1 Å². The highest BCUT2D eigenvalue weighted by Gasteiger charge is 2.25. The zero-order chi connectivity index (χ0) is 21.5. The van der Waals surface area contributed by atoms with Gasteiger partial charge in [0, 0.05) is 11.3 Å². The predicted octanol–water partition coefficient (Wildman–Crippen LogP) is 3.66. The Labute approximate surface area is 177 Å². The standard InChI is InChI=1S/C23H20FN5O2/c1-13-2-7-17(24)18(8-13)28-20(30)9-14-3-5-15(6-4-14)29-19-11-31-10-16(19)21-22(29)23(25)27-12-26-21/h2-8,12H,9-11H2,1H3,(H,28,30)(H2,25,26,27). The summed E-state index contributed by atoms with van der Waals surface area (Å²) in [4.78, 5) is 20.9. The molecule has 2 aromatic carbocycles. The molecule has 0 radical (unpaired) electrons. The minimum atomic E-state index is -0.454. The first-order chi connectivity index (χ1) is 15.0. The molecule has 7 nitrogen and oxygen atoms in total. The van der Waals surface area contributed by atoms with Crippen LogP contribution in [0.1, 0.15) is 22.4 Å². The average molecular weight is 417 g/mol. The van der Waals surface area contributed by atoms with Gasteiger partial charge in [-0.2, -0.15) is 0 Å². The number of hydrogen-bond donors (Lipinski definition) is 2. The second-order valence-electron chi connectivity index (χ2n) is 7.58. The van der Waals surface area contributed by atoms with E-state index in [1.807, 2.05) is 35.8 Å². The second kappa shape index (κ2) is 7.48. The van der Waals surface area contributed by atoms with E-state index >= 15 is 0 Å². The van der Waals surface area contributed by atoms with Gasteiger partial charge < -0.3 is 20.4 Å². The lowest BCUT2D eigenvalue weighted by Crippen LogP contribution is -2.15. The maximum atomic E-state index is 13.9. The third-order valence-corrected chi connectivity index (χ3v) is 5.42. The third kappa shape index (κ3) is 3.40. The van der Waals surface area contributed by atoms with E-state index in [-0.39, 0.29) is 18.0 Å². The van der Waals surface area contributed by atoms with Gasteiger partial charge in [0.1, 0.15) is 23.2 Å². The Hall–Kier alpha value is -3.78. The van der Waals surface area contributed by atoms with Crippen molar-refractivity contribution in [3.63, 3.8) is 0 Å². The minimum absolute atomic E-state index is 0.132. The quantitative estimate of drug-likeness (QED) is 0.528. The maximum absolute atomic E-state index is 13.9. The number of nitrogens with two attached hydrogens (primary N) is 1. The molecule has 0 atom stereocenters. The number of aromatic nitrogens is 3. The van der Waals surface area contributed by atoms with Crippen molar-refractivity contribution in [2.45, 2.75) is 26.6 Å². The summed E-state index contributed by atoms with van der Waals surface area (Å²) in [6, 6.07) is 12.2. The fraction of sp³-hybridized carbons (Fsp3) is 0.174. The number of nitrogen functional groups attached to an aromatic ring is 1. The summed E-state index contributed by atoms with van der Waals surface area (Å²) >= 11 is 0. The van der Waals surface area contributed by atoms with Crippen molar-refractivity contribution in [1.29, 1.82) is 0 Å². The lowest BCUT2D eigenvalue weighted by atomic mass is 10.1. The smallest absolute Gasteiger partial charge is 0.228 e. The first-order valence-corrected chi connectivity index (χ1v) is 9.87. The minimum Gasteiger partial charge on any atom is -0.382 e. The van der Waals surface area contributed by atoms with Crippen molar-refractivity contribution < 1.29 is 13.9 Å². The zero-order valence-electron chi connectivity index (χ0n) is 16.9. The molecule has 3 N–H and O–H groups in total. The molecule has 3 heterocycles. The molecule has 0 saturated carbocycles. The number of nitrogens with one attached hydrogen (secondary N) is 1. The zero-order valence-corrected chi connectivity index (χ0v) is 16.9. The Bertz CT molecular complexity index is 1310. The fourth-order valence-corrected chi connectivity index (χ4v) is 3.96. The highest BCUT2D eigenvalue weighted by molar-refractivity contribution is 5.93. The summed E-state index contributed by atoms with van der Waals surface area (Å²) in [6.45, 7) is 2.80. The second-order valence-corrected chi connectivity index (χ2v) is 7.58. The Morgan fingerprint density at radius 1 is 1.19 bits per heavy atom. The molecular weight excluding hydrogens is 397 g/mol. The van der Waals surface area contributed by atoms with E-state index in [0.717, 1.165) is 39.1 Å². The maximum Gasteiger partial charge on any atom is 0.228 e. The van der Waals surface area contributed by atoms with Gasteiger partial charge in [-0.05, 0) is 42.3 Å². The third-order valence-electron chi connectivity index (χ3n) is 5.42. The lowest BCUT2D eigenvalue weighted by Gasteiger charge is -2.11. The van der Waals surface area contributed by atoms with E-state index in [1.54, 1.807) is 12.1 Å². The van der Waals surface area contributed by atoms with Crippen LogP contribution in [0, 0.1) is 12.7 Å². The molecule has 8 heteroatoms. The molecule has 0 aliphatic carbocycles. The van der Waals surface area contributed by atoms with Crippen LogP contribution in [0.25, 0.3) is 16.7 Å². The molecule has 31 heavy (non-hydrogen) atoms. The van der Waals surface area contributed by atoms with E-state index < -0.39 is 5.82 Å². The van der Waals surface area contributed by atoms with Crippen molar-refractivity contribution in [3.05, 3.63) is 77.0 Å². The Morgan fingerprint density at radius 3 is 2.81 bits per heavy atom. The van der Waals surface area contributed by atoms with Gasteiger partial charge in [0.2, 0.25) is 5.91 Å². The van der Waals surface area contributed by atoms with Crippen LogP contribution in [0.3, 0.4) is 0 Å². The molecule has 0 bridgehead atoms. The largest absolute Gasteiger partial charge is 0.382 e. The summed E-state index contributed by atoms with van der Waals surface area (Å²) in [5, 5.41) is 2.64. The monoisotopic (exact) mass is 417 g/mol. The fourth-order valence-electron chi connectivity index (χ4n) is 3.96. The Kier molecular flexibility index (Phi) is 4.63. The molecule has 0 fully saturated rings. The van der Waals surface area contributed by atoms with Crippen LogP contribution in [-0.2, 0) is 29.2 Å². The topological polar surface area (TPSA) is 95.1 Å². The summed E-state index contributed by atoms with van der Waals surface area (Å²) in [6.07, 6.45) is 1.59. The number of rotatable bonds is 4. The van der Waals surface area contributed by atoms with Gasteiger partial charge in [0.15, 0.2) is 5.82 Å². The Morgan fingerprint density at radius 2 is 2.00 bits per heavy atom. The number of carbonyl (C=O) groups excluding carboxylic acids is 1. The van der Waals surface area contributed by atoms with Gasteiger partial charge in [-0.1, -0.05) is 18.2 Å². The van der Waals surface area contributed by atoms with Crippen LogP contribution in [0.2, 0.25) is 0 Å². The lowest BCUT2D eigenvalue weighted by molar-refractivity contribution is -0.115. The molecule has 1 aliphatic rings. The molecular formula is C23H20FN5O2. The van der Waals surface area contributed by atoms with Gasteiger partial charge in [-0.25, -0.2) is 14.4 Å². The number of amides is 1. The molecule has 2 aromatic heterocycles. The van der Waals surface area contributed by atoms with Crippen LogP contribution in [0.4, 0.5) is 15.9 Å². The summed E-state index contributed by atoms with van der Waals surface area (Å²) in [5.41, 5.74) is 12.5. The van der Waals surface area contributed by atoms with Crippen LogP contribution in [0.15, 0.2) is 48.8 Å². The summed E-state index contributed by atoms with van der Waals surface area (Å²) < 4.78 is 21.5. The Balaban J connectivity index is 1.41. The van der Waals surface area contributed by atoms with Crippen molar-refractivity contribution in [2.24, 2.45) is 0 Å². The number of anilines is 2. The number of benzene rings is 2. The highest BCUT2D eigenvalue weighted by Crippen LogP contribution is 2.35. The van der Waals surface area contributed by atoms with Crippen LogP contribution >= 0.6 is 0 Å². The first-order valence-electron chi connectivity index (χ1n) is 9.87. The number of nitrogens with zero attached hydrogens (tertiary/aromatic N) is 3. The average Bonchev–Trinajstić information content (AvgIpc) is 3.33. The number of fused-ring (bicyclic) bond motifs is 3. The van der Waals surface area contributed by atoms with Crippen LogP contribution < -0.4 is 11.1 Å². The normalized spacial score (nSPS) is 12.8. The van der Waals surface area contributed by atoms with Crippen molar-refractivity contribution in [3.8, 4) is 5.69 Å². The molecule has 0 unspecified atom stereocenters. The van der Waals surface area contributed by atoms with Crippen molar-refractivity contribution in [1.82, 2.24) is 14.5 Å². The van der Waals surface area contributed by atoms with Crippen molar-refractivity contribution >= 4 is 28.4 Å². The van der Waals surface area contributed by atoms with Gasteiger partial charge in [-0.3, -0.25) is 4.79 Å². The van der Waals surface area contributed by atoms with E-state index in [0.29, 0.717) is 19.0 Å². The SMILES string of the molecule is Cc1ccc(F)c(NC(=O)Cc2ccc(-n3c4c(c5ncnc(N)c53)COC4)cc2)c1. The van der Waals surface area contributed by atoms with Crippen LogP contribution in [-0.4, -0.2) is 20.4 Å². The van der Waals surface area contributed by atoms with E-state index in [1.165, 1.54) is 12.4 Å². The van der Waals surface area contributed by atoms with E-state index in [4.69, 9.17) is 10.5 Å². The molecule has 1 aliphatic heterocycles. The highest BCUT2D eigenvalue weighted by atomic mass is 19.1. The van der Waals surface area contributed by atoms with Gasteiger partial charge in [-0.15, -0.1) is 0 Å². The van der Waals surface area contributed by atoms with Gasteiger partial charge in [0.25, 0.3) is 0 Å². The van der Waals surface area contributed by atoms with E-state index in [9.17, 15) is 9.18 Å². The molecule has 5 rings (SSSR count). The number of ether oxygens (including phenoxy) is 1. The number of halogens is 1. The predicted molar refractivity (Wildman–Crippen MR) is 115 cm³/mol. The van der Waals surface area contributed by atoms with Gasteiger partial charge >= 0.3 is 0 Å². The summed E-state index contributed by atoms with van der Waals surface area (Å²) in [5.74, 6) is -0.330. The first kappa shape index (κ1) is 19.2. The summed E-state index contributed by atoms with van der Waals surface area (Å²) in [7, 11) is 0. The number of aryl methyl sites for hydroxylation is 1. The molecule has 1 amide bonds. The molecule has 0 saturated heterocycles. The molecule has 156 valence electrons. The van der Waals surface area contributed by atoms with Crippen LogP contribution in [0.5, 0.6) is 0 Å². The molecule has 0 spiro atoms. The number of carbonyl (C=O) groups is 1. The molecule has 4 aromatic rings.